The smallest absolute Gasteiger partial charge is 0.331 e. The quantitative estimate of drug-likeness (QED) is 0.376. The maximum absolute atomic E-state index is 12.4. The summed E-state index contributed by atoms with van der Waals surface area (Å²) in [6.45, 7) is 0.0657. The lowest BCUT2D eigenvalue weighted by molar-refractivity contribution is -0.128. The number of amidine groups is 2. The van der Waals surface area contributed by atoms with Gasteiger partial charge in [-0.05, 0) is 75.8 Å². The van der Waals surface area contributed by atoms with E-state index in [4.69, 9.17) is 4.74 Å². The Hall–Kier alpha value is -5.18. The molecule has 1 saturated heterocycles. The van der Waals surface area contributed by atoms with Gasteiger partial charge in [-0.25, -0.2) is 14.8 Å². The Balaban J connectivity index is 1.22. The zero-order valence-electron chi connectivity index (χ0n) is 21.9. The maximum Gasteiger partial charge on any atom is 0.331 e. The van der Waals surface area contributed by atoms with E-state index in [1.54, 1.807) is 31.3 Å². The number of urea groups is 1. The van der Waals surface area contributed by atoms with Gasteiger partial charge in [0.1, 0.15) is 29.7 Å². The summed E-state index contributed by atoms with van der Waals surface area (Å²) in [5.41, 5.74) is 4.19. The first-order valence-electron chi connectivity index (χ1n) is 12.7. The van der Waals surface area contributed by atoms with Crippen LogP contribution in [0.4, 0.5) is 4.79 Å². The molecule has 0 radical (unpaired) electrons. The minimum Gasteiger partial charge on any atom is -0.508 e. The maximum atomic E-state index is 12.4. The molecule has 2 heterocycles. The van der Waals surface area contributed by atoms with Gasteiger partial charge in [-0.15, -0.1) is 0 Å². The Morgan fingerprint density at radius 1 is 0.850 bits per heavy atom. The van der Waals surface area contributed by atoms with Crippen LogP contribution in [0.25, 0.3) is 21.9 Å². The highest BCUT2D eigenvalue weighted by Gasteiger charge is 2.43. The third-order valence-electron chi connectivity index (χ3n) is 7.21. The second-order valence-corrected chi connectivity index (χ2v) is 9.81. The number of rotatable bonds is 6. The summed E-state index contributed by atoms with van der Waals surface area (Å²) in [7, 11) is 3.00. The Kier molecular flexibility index (Phi) is 6.18. The zero-order valence-corrected chi connectivity index (χ0v) is 21.9. The number of carbonyl (C=O) groups excluding carboxylic acids is 2. The predicted octanol–water partition coefficient (Wildman–Crippen LogP) is 4.59. The van der Waals surface area contributed by atoms with Gasteiger partial charge in [0.2, 0.25) is 0 Å². The first-order chi connectivity index (χ1) is 19.3. The lowest BCUT2D eigenvalue weighted by Crippen LogP contribution is -2.58. The van der Waals surface area contributed by atoms with Crippen LogP contribution in [0.3, 0.4) is 0 Å². The first-order valence-corrected chi connectivity index (χ1v) is 12.7. The predicted molar refractivity (Wildman–Crippen MR) is 152 cm³/mol. The third kappa shape index (κ3) is 4.51. The molecule has 1 atom stereocenters. The fourth-order valence-corrected chi connectivity index (χ4v) is 5.06. The molecule has 0 saturated carbocycles. The SMILES string of the molecule is CN1C(=O)C2N=C(COc3ccc(Cc4c(-c5ccc(O)cc5)ccc5cc(O)ccc45)cc3)N=C2N(C)C1=O. The fraction of sp³-hybridized carbons (Fsp3) is 0.161. The van der Waals surface area contributed by atoms with Gasteiger partial charge in [-0.2, -0.15) is 0 Å². The molecule has 40 heavy (non-hydrogen) atoms. The number of fused-ring (bicyclic) bond motifs is 2. The van der Waals surface area contributed by atoms with E-state index in [2.05, 4.69) is 9.98 Å². The van der Waals surface area contributed by atoms with Gasteiger partial charge in [0.15, 0.2) is 11.9 Å². The molecule has 0 aliphatic carbocycles. The Labute approximate surface area is 230 Å². The molecule has 0 bridgehead atoms. The van der Waals surface area contributed by atoms with Crippen molar-refractivity contribution >= 4 is 34.4 Å². The van der Waals surface area contributed by atoms with Crippen molar-refractivity contribution < 1.29 is 24.5 Å². The molecule has 1 fully saturated rings. The monoisotopic (exact) mass is 534 g/mol. The van der Waals surface area contributed by atoms with E-state index in [0.29, 0.717) is 23.8 Å². The molecule has 4 aromatic rings. The molecule has 6 rings (SSSR count). The number of imide groups is 1. The van der Waals surface area contributed by atoms with Gasteiger partial charge in [0.05, 0.1) is 0 Å². The Morgan fingerprint density at radius 3 is 2.33 bits per heavy atom. The van der Waals surface area contributed by atoms with Gasteiger partial charge in [-0.1, -0.05) is 42.5 Å². The minimum atomic E-state index is -0.820. The molecule has 1 unspecified atom stereocenters. The van der Waals surface area contributed by atoms with Crippen LogP contribution in [-0.2, 0) is 11.2 Å². The second kappa shape index (κ2) is 9.85. The first kappa shape index (κ1) is 25.1. The summed E-state index contributed by atoms with van der Waals surface area (Å²) in [5, 5.41) is 21.7. The average molecular weight is 535 g/mol. The van der Waals surface area contributed by atoms with Gasteiger partial charge in [-0.3, -0.25) is 14.6 Å². The van der Waals surface area contributed by atoms with Crippen molar-refractivity contribution in [2.75, 3.05) is 20.7 Å². The van der Waals surface area contributed by atoms with E-state index >= 15 is 0 Å². The number of aromatic hydroxyl groups is 2. The molecule has 9 heteroatoms. The van der Waals surface area contributed by atoms with Gasteiger partial charge >= 0.3 is 6.03 Å². The van der Waals surface area contributed by atoms with Crippen LogP contribution < -0.4 is 4.74 Å². The summed E-state index contributed by atoms with van der Waals surface area (Å²) in [4.78, 5) is 35.7. The molecule has 9 nitrogen and oxygen atoms in total. The van der Waals surface area contributed by atoms with Crippen molar-refractivity contribution in [3.8, 4) is 28.4 Å². The van der Waals surface area contributed by atoms with E-state index < -0.39 is 18.0 Å². The van der Waals surface area contributed by atoms with E-state index in [-0.39, 0.29) is 18.1 Å². The van der Waals surface area contributed by atoms with E-state index in [1.807, 2.05) is 54.6 Å². The van der Waals surface area contributed by atoms with Crippen LogP contribution in [0.2, 0.25) is 0 Å². The van der Waals surface area contributed by atoms with Crippen LogP contribution >= 0.6 is 0 Å². The number of carbonyl (C=O) groups is 2. The summed E-state index contributed by atoms with van der Waals surface area (Å²) >= 11 is 0. The molecule has 2 aliphatic rings. The number of benzene rings is 4. The standard InChI is InChI=1S/C31H26N4O5/c1-34-29-28(30(38)35(2)31(34)39)32-27(33-29)17-40-23-11-3-18(4-12-23)15-26-24(19-5-8-21(36)9-6-19)13-7-20-16-22(37)10-14-25(20)26/h3-14,16,28,36-37H,15,17H2,1-2H3. The molecule has 2 aliphatic heterocycles. The van der Waals surface area contributed by atoms with Crippen molar-refractivity contribution in [1.82, 2.24) is 9.80 Å². The molecule has 4 aromatic carbocycles. The normalized spacial score (nSPS) is 16.7. The number of hydrogen-bond acceptors (Lipinski definition) is 7. The van der Waals surface area contributed by atoms with Crippen LogP contribution in [0.5, 0.6) is 17.2 Å². The molecule has 200 valence electrons. The van der Waals surface area contributed by atoms with Gasteiger partial charge < -0.3 is 14.9 Å². The lowest BCUT2D eigenvalue weighted by atomic mass is 9.90. The molecule has 0 spiro atoms. The Bertz CT molecular complexity index is 1710. The number of phenols is 2. The minimum absolute atomic E-state index is 0.0657. The molecule has 3 amide bonds. The molecular formula is C31H26N4O5. The number of likely N-dealkylation sites (N-methyl/N-ethyl adjacent to an activating group) is 2. The fourth-order valence-electron chi connectivity index (χ4n) is 5.06. The van der Waals surface area contributed by atoms with E-state index in [0.717, 1.165) is 37.9 Å². The van der Waals surface area contributed by atoms with Crippen molar-refractivity contribution in [2.45, 2.75) is 12.5 Å². The Morgan fingerprint density at radius 2 is 1.57 bits per heavy atom. The number of amides is 3. The summed E-state index contributed by atoms with van der Waals surface area (Å²) in [5.74, 6) is 1.30. The van der Waals surface area contributed by atoms with Crippen molar-refractivity contribution in [3.63, 3.8) is 0 Å². The number of hydrogen-bond donors (Lipinski definition) is 2. The number of phenolic OH excluding ortho intramolecular Hbond substituents is 2. The van der Waals surface area contributed by atoms with Crippen molar-refractivity contribution in [3.05, 3.63) is 90.0 Å². The molecular weight excluding hydrogens is 508 g/mol. The van der Waals surface area contributed by atoms with Crippen molar-refractivity contribution in [1.29, 1.82) is 0 Å². The third-order valence-corrected chi connectivity index (χ3v) is 7.21. The highest BCUT2D eigenvalue weighted by atomic mass is 16.5. The van der Waals surface area contributed by atoms with Crippen molar-refractivity contribution in [2.24, 2.45) is 9.98 Å². The average Bonchev–Trinajstić information content (AvgIpc) is 3.40. The second-order valence-electron chi connectivity index (χ2n) is 9.81. The zero-order chi connectivity index (χ0) is 28.0. The topological polar surface area (TPSA) is 115 Å². The van der Waals surface area contributed by atoms with E-state index in [9.17, 15) is 19.8 Å². The van der Waals surface area contributed by atoms with Crippen LogP contribution in [0.15, 0.2) is 88.8 Å². The summed E-state index contributed by atoms with van der Waals surface area (Å²) in [6, 6.07) is 23.0. The summed E-state index contributed by atoms with van der Waals surface area (Å²) in [6.07, 6.45) is 0.636. The van der Waals surface area contributed by atoms with Crippen LogP contribution in [-0.4, -0.2) is 70.4 Å². The van der Waals surface area contributed by atoms with Gasteiger partial charge in [0.25, 0.3) is 5.91 Å². The lowest BCUT2D eigenvalue weighted by Gasteiger charge is -2.31. The number of nitrogens with zero attached hydrogens (tertiary/aromatic N) is 4. The number of ether oxygens (including phenoxy) is 1. The highest BCUT2D eigenvalue weighted by molar-refractivity contribution is 6.25. The van der Waals surface area contributed by atoms with Crippen LogP contribution in [0, 0.1) is 0 Å². The highest BCUT2D eigenvalue weighted by Crippen LogP contribution is 2.34. The van der Waals surface area contributed by atoms with E-state index in [1.165, 1.54) is 11.9 Å². The van der Waals surface area contributed by atoms with Gasteiger partial charge in [0, 0.05) is 14.1 Å². The largest absolute Gasteiger partial charge is 0.508 e. The molecule has 2 N–H and O–H groups in total. The van der Waals surface area contributed by atoms with Crippen LogP contribution in [0.1, 0.15) is 11.1 Å². The molecule has 0 aromatic heterocycles. The summed E-state index contributed by atoms with van der Waals surface area (Å²) < 4.78 is 5.90. The number of aliphatic imine (C=N–C) groups is 2.